The van der Waals surface area contributed by atoms with Gasteiger partial charge in [-0.15, -0.1) is 5.10 Å². The summed E-state index contributed by atoms with van der Waals surface area (Å²) in [6.07, 6.45) is 0.528. The van der Waals surface area contributed by atoms with Crippen molar-refractivity contribution < 1.29 is 4.79 Å². The van der Waals surface area contributed by atoms with E-state index in [-0.39, 0.29) is 11.8 Å². The number of nitrogens with one attached hydrogen (secondary N) is 1. The second kappa shape index (κ2) is 3.10. The number of aryl methyl sites for hydroxylation is 1. The Kier molecular flexibility index (Phi) is 2.07. The molecule has 6 heteroatoms. The summed E-state index contributed by atoms with van der Waals surface area (Å²) in [6, 6.07) is 0. The molecular weight excluding hydrogens is 236 g/mol. The van der Waals surface area contributed by atoms with E-state index in [1.165, 1.54) is 0 Å². The zero-order valence-corrected chi connectivity index (χ0v) is 8.71. The normalized spacial score (nSPS) is 22.0. The van der Waals surface area contributed by atoms with Crippen molar-refractivity contribution in [3.63, 3.8) is 0 Å². The minimum atomic E-state index is 0.0955. The lowest BCUT2D eigenvalue weighted by Gasteiger charge is -2.06. The van der Waals surface area contributed by atoms with E-state index in [4.69, 9.17) is 0 Å². The molecule has 0 spiro atoms. The Labute approximate surface area is 83.6 Å². The molecule has 2 rings (SSSR count). The molecule has 1 atom stereocenters. The molecule has 0 bridgehead atoms. The summed E-state index contributed by atoms with van der Waals surface area (Å²) in [7, 11) is 1.83. The van der Waals surface area contributed by atoms with Gasteiger partial charge in [0.1, 0.15) is 0 Å². The van der Waals surface area contributed by atoms with Crippen molar-refractivity contribution in [3.8, 4) is 0 Å². The smallest absolute Gasteiger partial charge is 0.220 e. The van der Waals surface area contributed by atoms with Gasteiger partial charge in [0, 0.05) is 25.9 Å². The van der Waals surface area contributed by atoms with Crippen LogP contribution in [0.4, 0.5) is 0 Å². The largest absolute Gasteiger partial charge is 0.355 e. The van der Waals surface area contributed by atoms with E-state index in [0.29, 0.717) is 13.0 Å². The molecule has 5 nitrogen and oxygen atoms in total. The van der Waals surface area contributed by atoms with Crippen LogP contribution in [0, 0.1) is 0 Å². The molecule has 1 amide bonds. The highest BCUT2D eigenvalue weighted by molar-refractivity contribution is 9.10. The van der Waals surface area contributed by atoms with Crippen molar-refractivity contribution in [1.82, 2.24) is 20.3 Å². The Morgan fingerprint density at radius 2 is 2.46 bits per heavy atom. The number of rotatable bonds is 1. The molecule has 0 aromatic carbocycles. The highest BCUT2D eigenvalue weighted by Crippen LogP contribution is 2.27. The second-order valence-corrected chi connectivity index (χ2v) is 3.85. The Balaban J connectivity index is 2.30. The average molecular weight is 245 g/mol. The summed E-state index contributed by atoms with van der Waals surface area (Å²) < 4.78 is 2.44. The van der Waals surface area contributed by atoms with Crippen molar-refractivity contribution in [2.45, 2.75) is 12.3 Å². The number of aromatic nitrogens is 3. The van der Waals surface area contributed by atoms with E-state index in [1.807, 2.05) is 7.05 Å². The van der Waals surface area contributed by atoms with Gasteiger partial charge in [-0.05, 0) is 15.9 Å². The molecule has 13 heavy (non-hydrogen) atoms. The zero-order valence-electron chi connectivity index (χ0n) is 7.12. The maximum absolute atomic E-state index is 11.0. The number of nitrogens with zero attached hydrogens (tertiary/aromatic N) is 3. The van der Waals surface area contributed by atoms with Gasteiger partial charge in [-0.25, -0.2) is 0 Å². The van der Waals surface area contributed by atoms with Crippen LogP contribution in [0.3, 0.4) is 0 Å². The van der Waals surface area contributed by atoms with Crippen LogP contribution in [0.15, 0.2) is 4.60 Å². The zero-order chi connectivity index (χ0) is 9.42. The lowest BCUT2D eigenvalue weighted by molar-refractivity contribution is -0.119. The van der Waals surface area contributed by atoms with E-state index in [9.17, 15) is 4.79 Å². The summed E-state index contributed by atoms with van der Waals surface area (Å²) in [5, 5.41) is 10.5. The number of halogens is 1. The van der Waals surface area contributed by atoms with Crippen LogP contribution in [0.1, 0.15) is 18.0 Å². The maximum Gasteiger partial charge on any atom is 0.220 e. The SMILES string of the molecule is Cn1nnc(Br)c1C1CNC(=O)C1. The Morgan fingerprint density at radius 1 is 1.69 bits per heavy atom. The van der Waals surface area contributed by atoms with Gasteiger partial charge in [0.15, 0.2) is 4.60 Å². The number of carbonyl (C=O) groups is 1. The van der Waals surface area contributed by atoms with Crippen molar-refractivity contribution in [1.29, 1.82) is 0 Å². The Hall–Kier alpha value is -0.910. The Morgan fingerprint density at radius 3 is 2.92 bits per heavy atom. The van der Waals surface area contributed by atoms with E-state index >= 15 is 0 Å². The van der Waals surface area contributed by atoms with Gasteiger partial charge in [0.05, 0.1) is 5.69 Å². The molecule has 70 valence electrons. The predicted molar refractivity (Wildman–Crippen MR) is 49.1 cm³/mol. The van der Waals surface area contributed by atoms with Crippen LogP contribution in [0.25, 0.3) is 0 Å². The fraction of sp³-hybridized carbons (Fsp3) is 0.571. The average Bonchev–Trinajstić information content (AvgIpc) is 2.60. The van der Waals surface area contributed by atoms with Gasteiger partial charge in [-0.3, -0.25) is 9.48 Å². The summed E-state index contributed by atoms with van der Waals surface area (Å²) in [6.45, 7) is 0.679. The molecule has 1 aromatic heterocycles. The van der Waals surface area contributed by atoms with E-state index in [0.717, 1.165) is 10.3 Å². The Bertz CT molecular complexity index is 329. The topological polar surface area (TPSA) is 59.8 Å². The first-order chi connectivity index (χ1) is 6.18. The highest BCUT2D eigenvalue weighted by Gasteiger charge is 2.27. The number of amides is 1. The second-order valence-electron chi connectivity index (χ2n) is 3.09. The van der Waals surface area contributed by atoms with E-state index in [2.05, 4.69) is 31.6 Å². The summed E-state index contributed by atoms with van der Waals surface area (Å²) in [5.74, 6) is 0.292. The molecule has 1 unspecified atom stereocenters. The monoisotopic (exact) mass is 244 g/mol. The minimum Gasteiger partial charge on any atom is -0.355 e. The lowest BCUT2D eigenvalue weighted by Crippen LogP contribution is -2.14. The molecule has 1 saturated heterocycles. The molecular formula is C7H9BrN4O. The molecule has 1 aliphatic heterocycles. The van der Waals surface area contributed by atoms with Crippen molar-refractivity contribution in [2.24, 2.45) is 7.05 Å². The first kappa shape index (κ1) is 8.68. The summed E-state index contributed by atoms with van der Waals surface area (Å²) in [4.78, 5) is 11.0. The van der Waals surface area contributed by atoms with Crippen LogP contribution >= 0.6 is 15.9 Å². The summed E-state index contributed by atoms with van der Waals surface area (Å²) in [5.41, 5.74) is 0.985. The highest BCUT2D eigenvalue weighted by atomic mass is 79.9. The van der Waals surface area contributed by atoms with Gasteiger partial charge in [-0.2, -0.15) is 0 Å². The molecule has 0 radical (unpaired) electrons. The van der Waals surface area contributed by atoms with Gasteiger partial charge in [-0.1, -0.05) is 5.21 Å². The first-order valence-corrected chi connectivity index (χ1v) is 4.79. The third-order valence-electron chi connectivity index (χ3n) is 2.19. The van der Waals surface area contributed by atoms with Crippen LogP contribution in [-0.2, 0) is 11.8 Å². The number of hydrogen-bond acceptors (Lipinski definition) is 3. The third kappa shape index (κ3) is 1.46. The maximum atomic E-state index is 11.0. The lowest BCUT2D eigenvalue weighted by atomic mass is 10.1. The fourth-order valence-corrected chi connectivity index (χ4v) is 2.22. The minimum absolute atomic E-state index is 0.0955. The van der Waals surface area contributed by atoms with Gasteiger partial charge >= 0.3 is 0 Å². The van der Waals surface area contributed by atoms with Gasteiger partial charge in [0.25, 0.3) is 0 Å². The van der Waals surface area contributed by atoms with Crippen molar-refractivity contribution in [2.75, 3.05) is 6.54 Å². The van der Waals surface area contributed by atoms with E-state index < -0.39 is 0 Å². The third-order valence-corrected chi connectivity index (χ3v) is 2.76. The quantitative estimate of drug-likeness (QED) is 0.767. The molecule has 0 saturated carbocycles. The van der Waals surface area contributed by atoms with E-state index in [1.54, 1.807) is 4.68 Å². The number of carbonyl (C=O) groups excluding carboxylic acids is 1. The van der Waals surface area contributed by atoms with Crippen LogP contribution in [-0.4, -0.2) is 27.4 Å². The van der Waals surface area contributed by atoms with Crippen molar-refractivity contribution >= 4 is 21.8 Å². The fourth-order valence-electron chi connectivity index (χ4n) is 1.57. The van der Waals surface area contributed by atoms with Gasteiger partial charge < -0.3 is 5.32 Å². The molecule has 0 aliphatic carbocycles. The standard InChI is InChI=1S/C7H9BrN4O/c1-12-6(7(8)10-11-12)4-2-5(13)9-3-4/h4H,2-3H2,1H3,(H,9,13). The number of hydrogen-bond donors (Lipinski definition) is 1. The summed E-state index contributed by atoms with van der Waals surface area (Å²) >= 11 is 3.31. The van der Waals surface area contributed by atoms with Crippen molar-refractivity contribution in [3.05, 3.63) is 10.3 Å². The molecule has 1 aliphatic rings. The van der Waals surface area contributed by atoms with Crippen LogP contribution < -0.4 is 5.32 Å². The molecule has 1 aromatic rings. The first-order valence-electron chi connectivity index (χ1n) is 4.00. The van der Waals surface area contributed by atoms with Crippen LogP contribution in [0.5, 0.6) is 0 Å². The molecule has 1 fully saturated rings. The predicted octanol–water partition coefficient (Wildman–Crippen LogP) is 0.181. The molecule has 1 N–H and O–H groups in total. The van der Waals surface area contributed by atoms with Gasteiger partial charge in [0.2, 0.25) is 5.91 Å². The van der Waals surface area contributed by atoms with Crippen LogP contribution in [0.2, 0.25) is 0 Å². The molecule has 2 heterocycles.